The second-order valence-electron chi connectivity index (χ2n) is 5.59. The highest BCUT2D eigenvalue weighted by atomic mass is 16.3. The van der Waals surface area contributed by atoms with Gasteiger partial charge in [-0.2, -0.15) is 0 Å². The van der Waals surface area contributed by atoms with Crippen LogP contribution in [0.3, 0.4) is 0 Å². The summed E-state index contributed by atoms with van der Waals surface area (Å²) in [7, 11) is 0. The molecule has 0 bridgehead atoms. The molecule has 2 nitrogen and oxygen atoms in total. The molecule has 0 spiro atoms. The Balaban J connectivity index is 1.98. The molecule has 1 saturated carbocycles. The summed E-state index contributed by atoms with van der Waals surface area (Å²) in [5, 5.41) is 13.7. The first-order valence-electron chi connectivity index (χ1n) is 6.61. The zero-order chi connectivity index (χ0) is 12.3. The lowest BCUT2D eigenvalue weighted by atomic mass is 9.80. The van der Waals surface area contributed by atoms with Crippen LogP contribution < -0.4 is 5.32 Å². The summed E-state index contributed by atoms with van der Waals surface area (Å²) >= 11 is 0. The van der Waals surface area contributed by atoms with E-state index in [1.54, 1.807) is 0 Å². The second kappa shape index (κ2) is 5.19. The number of hydrogen-bond acceptors (Lipinski definition) is 2. The topological polar surface area (TPSA) is 32.3 Å². The van der Waals surface area contributed by atoms with Crippen molar-refractivity contribution in [2.24, 2.45) is 5.92 Å². The van der Waals surface area contributed by atoms with Gasteiger partial charge in [-0.25, -0.2) is 0 Å². The third kappa shape index (κ3) is 3.08. The minimum atomic E-state index is -0.443. The van der Waals surface area contributed by atoms with E-state index in [9.17, 15) is 5.11 Å². The van der Waals surface area contributed by atoms with Crippen molar-refractivity contribution in [1.29, 1.82) is 0 Å². The molecule has 0 amide bonds. The maximum atomic E-state index is 10.1. The van der Waals surface area contributed by atoms with Gasteiger partial charge in [0.25, 0.3) is 0 Å². The van der Waals surface area contributed by atoms with E-state index in [0.29, 0.717) is 18.5 Å². The molecule has 1 unspecified atom stereocenters. The lowest BCUT2D eigenvalue weighted by molar-refractivity contribution is -0.0342. The van der Waals surface area contributed by atoms with Crippen molar-refractivity contribution < 1.29 is 5.11 Å². The van der Waals surface area contributed by atoms with Crippen molar-refractivity contribution in [3.05, 3.63) is 35.9 Å². The molecule has 94 valence electrons. The average Bonchev–Trinajstić information content (AvgIpc) is 2.28. The Morgan fingerprint density at radius 1 is 1.24 bits per heavy atom. The van der Waals surface area contributed by atoms with Crippen LogP contribution in [0.5, 0.6) is 0 Å². The summed E-state index contributed by atoms with van der Waals surface area (Å²) in [4.78, 5) is 0. The Morgan fingerprint density at radius 2 is 1.88 bits per heavy atom. The minimum absolute atomic E-state index is 0.334. The first-order chi connectivity index (χ1) is 8.11. The van der Waals surface area contributed by atoms with Gasteiger partial charge < -0.3 is 10.4 Å². The van der Waals surface area contributed by atoms with E-state index < -0.39 is 5.60 Å². The molecule has 2 rings (SSSR count). The monoisotopic (exact) mass is 233 g/mol. The fourth-order valence-electron chi connectivity index (χ4n) is 2.46. The molecule has 1 fully saturated rings. The van der Waals surface area contributed by atoms with Crippen molar-refractivity contribution in [3.63, 3.8) is 0 Å². The molecule has 1 aromatic rings. The van der Waals surface area contributed by atoms with E-state index in [4.69, 9.17) is 0 Å². The van der Waals surface area contributed by atoms with Crippen LogP contribution in [-0.2, 0) is 0 Å². The van der Waals surface area contributed by atoms with Gasteiger partial charge in [-0.15, -0.1) is 0 Å². The molecule has 1 aromatic carbocycles. The van der Waals surface area contributed by atoms with Crippen LogP contribution >= 0.6 is 0 Å². The van der Waals surface area contributed by atoms with Crippen molar-refractivity contribution in [2.45, 2.75) is 44.8 Å². The fraction of sp³-hybridized carbons (Fsp3) is 0.600. The Morgan fingerprint density at radius 3 is 2.35 bits per heavy atom. The molecule has 0 saturated heterocycles. The third-order valence-electron chi connectivity index (χ3n) is 3.76. The molecular formula is C15H23NO. The van der Waals surface area contributed by atoms with Crippen LogP contribution in [0.25, 0.3) is 0 Å². The van der Waals surface area contributed by atoms with Crippen molar-refractivity contribution in [2.75, 3.05) is 6.54 Å². The van der Waals surface area contributed by atoms with Gasteiger partial charge in [0.05, 0.1) is 5.60 Å². The van der Waals surface area contributed by atoms with Gasteiger partial charge in [0.1, 0.15) is 0 Å². The summed E-state index contributed by atoms with van der Waals surface area (Å²) in [5.74, 6) is 0.529. The smallest absolute Gasteiger partial charge is 0.0771 e. The number of aliphatic hydroxyl groups is 1. The van der Waals surface area contributed by atoms with E-state index in [-0.39, 0.29) is 0 Å². The van der Waals surface area contributed by atoms with Crippen molar-refractivity contribution >= 4 is 0 Å². The summed E-state index contributed by atoms with van der Waals surface area (Å²) in [6.45, 7) is 5.15. The highest BCUT2D eigenvalue weighted by Gasteiger charge is 2.34. The largest absolute Gasteiger partial charge is 0.389 e. The van der Waals surface area contributed by atoms with Gasteiger partial charge >= 0.3 is 0 Å². The lowest BCUT2D eigenvalue weighted by Gasteiger charge is -2.38. The number of rotatable bonds is 5. The van der Waals surface area contributed by atoms with Crippen LogP contribution in [-0.4, -0.2) is 17.3 Å². The molecule has 0 radical (unpaired) electrons. The van der Waals surface area contributed by atoms with E-state index in [2.05, 4.69) is 43.4 Å². The highest BCUT2D eigenvalue weighted by molar-refractivity contribution is 5.19. The SMILES string of the molecule is CC(C)C(NCC1(O)CCC1)c1ccccc1. The minimum Gasteiger partial charge on any atom is -0.389 e. The standard InChI is InChI=1S/C15H23NO/c1-12(2)14(13-7-4-3-5-8-13)16-11-15(17)9-6-10-15/h3-5,7-8,12,14,16-17H,6,9-11H2,1-2H3. The Labute approximate surface area is 104 Å². The van der Waals surface area contributed by atoms with Gasteiger partial charge in [0.15, 0.2) is 0 Å². The van der Waals surface area contributed by atoms with Crippen molar-refractivity contribution in [3.8, 4) is 0 Å². The molecule has 1 aliphatic rings. The summed E-state index contributed by atoms with van der Waals surface area (Å²) in [6.07, 6.45) is 3.05. The van der Waals surface area contributed by atoms with Crippen molar-refractivity contribution in [1.82, 2.24) is 5.32 Å². The van der Waals surface area contributed by atoms with Crippen LogP contribution in [0, 0.1) is 5.92 Å². The van der Waals surface area contributed by atoms with Gasteiger partial charge in [0.2, 0.25) is 0 Å². The highest BCUT2D eigenvalue weighted by Crippen LogP contribution is 2.32. The maximum Gasteiger partial charge on any atom is 0.0771 e. The predicted octanol–water partition coefficient (Wildman–Crippen LogP) is 2.89. The summed E-state index contributed by atoms with van der Waals surface area (Å²) in [6, 6.07) is 10.8. The van der Waals surface area contributed by atoms with E-state index in [1.165, 1.54) is 5.56 Å². The molecule has 2 N–H and O–H groups in total. The molecule has 0 aliphatic heterocycles. The zero-order valence-electron chi connectivity index (χ0n) is 10.8. The molecule has 2 heteroatoms. The quantitative estimate of drug-likeness (QED) is 0.819. The van der Waals surface area contributed by atoms with Gasteiger partial charge in [-0.1, -0.05) is 44.2 Å². The fourth-order valence-corrected chi connectivity index (χ4v) is 2.46. The second-order valence-corrected chi connectivity index (χ2v) is 5.59. The Bertz CT molecular complexity index is 343. The van der Waals surface area contributed by atoms with E-state index in [0.717, 1.165) is 19.3 Å². The zero-order valence-corrected chi connectivity index (χ0v) is 10.8. The van der Waals surface area contributed by atoms with Gasteiger partial charge in [-0.05, 0) is 30.7 Å². The first-order valence-corrected chi connectivity index (χ1v) is 6.61. The molecular weight excluding hydrogens is 210 g/mol. The molecule has 17 heavy (non-hydrogen) atoms. The maximum absolute atomic E-state index is 10.1. The van der Waals surface area contributed by atoms with Crippen LogP contribution in [0.1, 0.15) is 44.7 Å². The van der Waals surface area contributed by atoms with Crippen LogP contribution in [0.4, 0.5) is 0 Å². The first kappa shape index (κ1) is 12.6. The van der Waals surface area contributed by atoms with E-state index >= 15 is 0 Å². The molecule has 1 atom stereocenters. The number of benzene rings is 1. The molecule has 0 aromatic heterocycles. The Kier molecular flexibility index (Phi) is 3.85. The van der Waals surface area contributed by atoms with E-state index in [1.807, 2.05) is 6.07 Å². The number of hydrogen-bond donors (Lipinski definition) is 2. The average molecular weight is 233 g/mol. The van der Waals surface area contributed by atoms with Crippen LogP contribution in [0.2, 0.25) is 0 Å². The lowest BCUT2D eigenvalue weighted by Crippen LogP contribution is -2.47. The molecule has 0 heterocycles. The molecule has 1 aliphatic carbocycles. The predicted molar refractivity (Wildman–Crippen MR) is 70.8 cm³/mol. The normalized spacial score (nSPS) is 20.0. The van der Waals surface area contributed by atoms with Crippen LogP contribution in [0.15, 0.2) is 30.3 Å². The number of nitrogens with one attached hydrogen (secondary N) is 1. The summed E-state index contributed by atoms with van der Waals surface area (Å²) < 4.78 is 0. The van der Waals surface area contributed by atoms with Gasteiger partial charge in [-0.3, -0.25) is 0 Å². The van der Waals surface area contributed by atoms with Gasteiger partial charge in [0, 0.05) is 12.6 Å². The Hall–Kier alpha value is -0.860. The summed E-state index contributed by atoms with van der Waals surface area (Å²) in [5.41, 5.74) is 0.868. The third-order valence-corrected chi connectivity index (χ3v) is 3.76.